The van der Waals surface area contributed by atoms with Gasteiger partial charge in [0.1, 0.15) is 0 Å². The van der Waals surface area contributed by atoms with Crippen molar-refractivity contribution in [1.82, 2.24) is 10.1 Å². The van der Waals surface area contributed by atoms with Gasteiger partial charge >= 0.3 is 0 Å². The van der Waals surface area contributed by atoms with E-state index in [0.717, 1.165) is 12.2 Å². The van der Waals surface area contributed by atoms with Crippen LogP contribution >= 0.6 is 15.9 Å². The molecule has 0 N–H and O–H groups in total. The summed E-state index contributed by atoms with van der Waals surface area (Å²) in [7, 11) is 0. The van der Waals surface area contributed by atoms with Crippen molar-refractivity contribution in [2.24, 2.45) is 5.41 Å². The van der Waals surface area contributed by atoms with Crippen molar-refractivity contribution in [2.45, 2.75) is 44.4 Å². The van der Waals surface area contributed by atoms with Gasteiger partial charge in [-0.2, -0.15) is 4.98 Å². The molecule has 3 nitrogen and oxygen atoms in total. The van der Waals surface area contributed by atoms with Crippen LogP contribution in [0, 0.1) is 5.41 Å². The van der Waals surface area contributed by atoms with Gasteiger partial charge in [0.2, 0.25) is 5.89 Å². The van der Waals surface area contributed by atoms with E-state index in [1.807, 2.05) is 0 Å². The van der Waals surface area contributed by atoms with E-state index in [1.165, 1.54) is 6.42 Å². The Morgan fingerprint density at radius 1 is 1.64 bits per heavy atom. The standard InChI is InChI=1S/C10H15BrN2O/c1-4-7(11)9-12-8(13-14-9)6-5-10(6,2)3/h6-7H,4-5H2,1-3H3. The average Bonchev–Trinajstić information content (AvgIpc) is 2.64. The quantitative estimate of drug-likeness (QED) is 0.780. The molecular formula is C10H15BrN2O. The lowest BCUT2D eigenvalue weighted by Crippen LogP contribution is -1.93. The second-order valence-corrected chi connectivity index (χ2v) is 5.72. The van der Waals surface area contributed by atoms with Crippen LogP contribution in [0.2, 0.25) is 0 Å². The number of alkyl halides is 1. The van der Waals surface area contributed by atoms with Crippen LogP contribution in [0.15, 0.2) is 4.52 Å². The molecule has 2 atom stereocenters. The summed E-state index contributed by atoms with van der Waals surface area (Å²) in [6, 6.07) is 0. The van der Waals surface area contributed by atoms with Crippen molar-refractivity contribution in [3.8, 4) is 0 Å². The second kappa shape index (κ2) is 3.33. The summed E-state index contributed by atoms with van der Waals surface area (Å²) in [5, 5.41) is 4.03. The Kier molecular flexibility index (Phi) is 2.41. The minimum absolute atomic E-state index is 0.200. The van der Waals surface area contributed by atoms with Crippen molar-refractivity contribution in [1.29, 1.82) is 0 Å². The second-order valence-electron chi connectivity index (χ2n) is 4.61. The predicted octanol–water partition coefficient (Wildman–Crippen LogP) is 3.43. The van der Waals surface area contributed by atoms with E-state index in [4.69, 9.17) is 4.52 Å². The molecule has 1 fully saturated rings. The molecule has 4 heteroatoms. The SMILES string of the molecule is CCC(Br)c1nc(C2CC2(C)C)no1. The molecule has 1 aromatic rings. The molecule has 0 spiro atoms. The van der Waals surface area contributed by atoms with Crippen LogP contribution < -0.4 is 0 Å². The zero-order valence-corrected chi connectivity index (χ0v) is 10.3. The summed E-state index contributed by atoms with van der Waals surface area (Å²) in [5.74, 6) is 2.09. The lowest BCUT2D eigenvalue weighted by atomic mass is 10.1. The largest absolute Gasteiger partial charge is 0.338 e. The fraction of sp³-hybridized carbons (Fsp3) is 0.800. The zero-order valence-electron chi connectivity index (χ0n) is 8.75. The normalized spacial score (nSPS) is 26.1. The molecule has 2 rings (SSSR count). The Bertz CT molecular complexity index is 335. The molecule has 0 saturated heterocycles. The van der Waals surface area contributed by atoms with Crippen LogP contribution in [0.5, 0.6) is 0 Å². The molecule has 1 aromatic heterocycles. The summed E-state index contributed by atoms with van der Waals surface area (Å²) in [6.07, 6.45) is 2.14. The van der Waals surface area contributed by atoms with Crippen LogP contribution in [0.25, 0.3) is 0 Å². The molecule has 78 valence electrons. The lowest BCUT2D eigenvalue weighted by Gasteiger charge is -1.97. The van der Waals surface area contributed by atoms with E-state index in [1.54, 1.807) is 0 Å². The van der Waals surface area contributed by atoms with Crippen molar-refractivity contribution in [3.63, 3.8) is 0 Å². The topological polar surface area (TPSA) is 38.9 Å². The fourth-order valence-electron chi connectivity index (χ4n) is 1.60. The summed E-state index contributed by atoms with van der Waals surface area (Å²) in [4.78, 5) is 4.61. The monoisotopic (exact) mass is 258 g/mol. The average molecular weight is 259 g/mol. The predicted molar refractivity (Wildman–Crippen MR) is 57.4 cm³/mol. The smallest absolute Gasteiger partial charge is 0.240 e. The van der Waals surface area contributed by atoms with Crippen LogP contribution in [0.3, 0.4) is 0 Å². The molecule has 0 bridgehead atoms. The fourth-order valence-corrected chi connectivity index (χ4v) is 1.78. The van der Waals surface area contributed by atoms with Gasteiger partial charge in [-0.3, -0.25) is 0 Å². The molecule has 0 aliphatic heterocycles. The van der Waals surface area contributed by atoms with Gasteiger partial charge in [-0.15, -0.1) is 0 Å². The highest BCUT2D eigenvalue weighted by Gasteiger charge is 2.49. The van der Waals surface area contributed by atoms with Gasteiger partial charge in [0.15, 0.2) is 5.82 Å². The molecular weight excluding hydrogens is 244 g/mol. The minimum atomic E-state index is 0.200. The van der Waals surface area contributed by atoms with Crippen molar-refractivity contribution >= 4 is 15.9 Å². The van der Waals surface area contributed by atoms with Crippen LogP contribution in [0.4, 0.5) is 0 Å². The van der Waals surface area contributed by atoms with E-state index in [0.29, 0.717) is 17.2 Å². The Labute approximate surface area is 92.4 Å². The van der Waals surface area contributed by atoms with Gasteiger partial charge in [0, 0.05) is 5.92 Å². The van der Waals surface area contributed by atoms with Gasteiger partial charge in [-0.1, -0.05) is 41.9 Å². The van der Waals surface area contributed by atoms with Gasteiger partial charge in [0.05, 0.1) is 4.83 Å². The third-order valence-corrected chi connectivity index (χ3v) is 3.95. The maximum absolute atomic E-state index is 5.20. The van der Waals surface area contributed by atoms with Crippen molar-refractivity contribution in [2.75, 3.05) is 0 Å². The number of aromatic nitrogens is 2. The highest BCUT2D eigenvalue weighted by molar-refractivity contribution is 9.09. The Morgan fingerprint density at radius 2 is 2.29 bits per heavy atom. The first-order chi connectivity index (χ1) is 6.54. The molecule has 14 heavy (non-hydrogen) atoms. The third kappa shape index (κ3) is 1.72. The maximum atomic E-state index is 5.20. The van der Waals surface area contributed by atoms with Gasteiger partial charge in [-0.25, -0.2) is 0 Å². The first kappa shape index (κ1) is 10.1. The number of hydrogen-bond acceptors (Lipinski definition) is 3. The molecule has 2 unspecified atom stereocenters. The lowest BCUT2D eigenvalue weighted by molar-refractivity contribution is 0.369. The van der Waals surface area contributed by atoms with Crippen LogP contribution in [-0.4, -0.2) is 10.1 Å². The number of rotatable bonds is 3. The van der Waals surface area contributed by atoms with Gasteiger partial charge in [0.25, 0.3) is 0 Å². The molecule has 0 aromatic carbocycles. The van der Waals surface area contributed by atoms with Crippen LogP contribution in [-0.2, 0) is 0 Å². The molecule has 1 saturated carbocycles. The van der Waals surface area contributed by atoms with Gasteiger partial charge < -0.3 is 4.52 Å². The van der Waals surface area contributed by atoms with E-state index in [-0.39, 0.29) is 4.83 Å². The minimum Gasteiger partial charge on any atom is -0.338 e. The summed E-state index contributed by atoms with van der Waals surface area (Å²) >= 11 is 3.50. The molecule has 1 aliphatic rings. The van der Waals surface area contributed by atoms with Crippen molar-refractivity contribution in [3.05, 3.63) is 11.7 Å². The summed E-state index contributed by atoms with van der Waals surface area (Å²) < 4.78 is 5.20. The Balaban J connectivity index is 2.11. The first-order valence-corrected chi connectivity index (χ1v) is 5.93. The van der Waals surface area contributed by atoms with Crippen molar-refractivity contribution < 1.29 is 4.52 Å². The van der Waals surface area contributed by atoms with E-state index in [2.05, 4.69) is 46.8 Å². The first-order valence-electron chi connectivity index (χ1n) is 5.02. The number of halogens is 1. The van der Waals surface area contributed by atoms with E-state index in [9.17, 15) is 0 Å². The zero-order chi connectivity index (χ0) is 10.3. The Hall–Kier alpha value is -0.380. The third-order valence-electron chi connectivity index (χ3n) is 2.91. The maximum Gasteiger partial charge on any atom is 0.240 e. The molecule has 1 heterocycles. The number of nitrogens with zero attached hydrogens (tertiary/aromatic N) is 2. The number of hydrogen-bond donors (Lipinski definition) is 0. The molecule has 0 amide bonds. The molecule has 0 radical (unpaired) electrons. The Morgan fingerprint density at radius 3 is 2.79 bits per heavy atom. The molecule has 1 aliphatic carbocycles. The highest BCUT2D eigenvalue weighted by Crippen LogP contribution is 2.57. The highest BCUT2D eigenvalue weighted by atomic mass is 79.9. The van der Waals surface area contributed by atoms with E-state index < -0.39 is 0 Å². The van der Waals surface area contributed by atoms with Gasteiger partial charge in [-0.05, 0) is 18.3 Å². The summed E-state index contributed by atoms with van der Waals surface area (Å²) in [5.41, 5.74) is 0.370. The van der Waals surface area contributed by atoms with Crippen LogP contribution in [0.1, 0.15) is 56.1 Å². The summed E-state index contributed by atoms with van der Waals surface area (Å²) in [6.45, 7) is 6.56. The van der Waals surface area contributed by atoms with E-state index >= 15 is 0 Å².